The van der Waals surface area contributed by atoms with Crippen LogP contribution in [0.3, 0.4) is 0 Å². The van der Waals surface area contributed by atoms with Gasteiger partial charge in [-0.3, -0.25) is 0 Å². The highest BCUT2D eigenvalue weighted by Crippen LogP contribution is 2.23. The van der Waals surface area contributed by atoms with Crippen molar-refractivity contribution in [3.8, 4) is 0 Å². The number of piperidine rings is 1. The number of carboxylic acids is 1. The van der Waals surface area contributed by atoms with E-state index in [0.717, 1.165) is 38.7 Å². The lowest BCUT2D eigenvalue weighted by molar-refractivity contribution is -0.145. The first kappa shape index (κ1) is 15.1. The lowest BCUT2D eigenvalue weighted by Crippen LogP contribution is -2.55. The van der Waals surface area contributed by atoms with Gasteiger partial charge in [0.2, 0.25) is 0 Å². The highest BCUT2D eigenvalue weighted by atomic mass is 16.5. The fourth-order valence-electron chi connectivity index (χ4n) is 3.06. The fourth-order valence-corrected chi connectivity index (χ4v) is 3.06. The number of carboxylic acid groups (broad SMARTS) is 1. The van der Waals surface area contributed by atoms with Crippen LogP contribution in [0.5, 0.6) is 0 Å². The summed E-state index contributed by atoms with van der Waals surface area (Å²) in [5.74, 6) is -0.917. The number of amides is 2. The molecule has 0 aromatic carbocycles. The molecule has 2 N–H and O–H groups in total. The van der Waals surface area contributed by atoms with Crippen molar-refractivity contribution >= 4 is 12.0 Å². The number of nitrogens with one attached hydrogen (secondary N) is 1. The van der Waals surface area contributed by atoms with Crippen molar-refractivity contribution in [2.75, 3.05) is 19.7 Å². The van der Waals surface area contributed by atoms with Gasteiger partial charge in [-0.05, 0) is 38.0 Å². The number of hydrogen-bond donors (Lipinski definition) is 2. The van der Waals surface area contributed by atoms with Crippen molar-refractivity contribution in [3.63, 3.8) is 0 Å². The molecule has 3 atom stereocenters. The van der Waals surface area contributed by atoms with Gasteiger partial charge in [0, 0.05) is 19.7 Å². The molecule has 2 saturated heterocycles. The highest BCUT2D eigenvalue weighted by Gasteiger charge is 2.37. The first-order valence-electron chi connectivity index (χ1n) is 7.48. The molecule has 0 bridgehead atoms. The molecule has 2 aliphatic rings. The molecule has 2 aliphatic heterocycles. The zero-order valence-electron chi connectivity index (χ0n) is 12.0. The summed E-state index contributed by atoms with van der Waals surface area (Å²) < 4.78 is 5.56. The van der Waals surface area contributed by atoms with Gasteiger partial charge < -0.3 is 20.1 Å². The Kier molecular flexibility index (Phi) is 5.23. The lowest BCUT2D eigenvalue weighted by Gasteiger charge is -2.37. The summed E-state index contributed by atoms with van der Waals surface area (Å²) in [4.78, 5) is 25.0. The summed E-state index contributed by atoms with van der Waals surface area (Å²) >= 11 is 0. The van der Waals surface area contributed by atoms with Crippen molar-refractivity contribution in [2.24, 2.45) is 5.92 Å². The second-order valence-electron chi connectivity index (χ2n) is 5.77. The lowest BCUT2D eigenvalue weighted by atomic mass is 9.91. The van der Waals surface area contributed by atoms with Gasteiger partial charge in [-0.2, -0.15) is 0 Å². The van der Waals surface area contributed by atoms with Crippen LogP contribution in [0.15, 0.2) is 0 Å². The monoisotopic (exact) mass is 284 g/mol. The Hall–Kier alpha value is -1.30. The summed E-state index contributed by atoms with van der Waals surface area (Å²) in [6.45, 7) is 3.62. The summed E-state index contributed by atoms with van der Waals surface area (Å²) in [5.41, 5.74) is 0. The van der Waals surface area contributed by atoms with Gasteiger partial charge in [-0.1, -0.05) is 6.92 Å². The molecule has 0 aliphatic carbocycles. The van der Waals surface area contributed by atoms with E-state index in [1.165, 1.54) is 4.90 Å². The first-order chi connectivity index (χ1) is 9.59. The maximum Gasteiger partial charge on any atom is 0.326 e. The van der Waals surface area contributed by atoms with Crippen LogP contribution in [0.25, 0.3) is 0 Å². The van der Waals surface area contributed by atoms with Crippen LogP contribution in [0.2, 0.25) is 0 Å². The topological polar surface area (TPSA) is 78.9 Å². The predicted octanol–water partition coefficient (Wildman–Crippen LogP) is 1.45. The fraction of sp³-hybridized carbons (Fsp3) is 0.857. The van der Waals surface area contributed by atoms with E-state index in [4.69, 9.17) is 4.74 Å². The number of likely N-dealkylation sites (tertiary alicyclic amines) is 1. The van der Waals surface area contributed by atoms with E-state index in [1.54, 1.807) is 0 Å². The molecule has 2 heterocycles. The molecule has 2 rings (SSSR count). The SMILES string of the molecule is CC1CCCN(C(=O)NCC2CCCCO2)C1C(=O)O. The van der Waals surface area contributed by atoms with Gasteiger partial charge in [0.05, 0.1) is 6.10 Å². The standard InChI is InChI=1S/C14H24N2O4/c1-10-5-4-7-16(12(10)13(17)18)14(19)15-9-11-6-2-3-8-20-11/h10-12H,2-9H2,1H3,(H,15,19)(H,17,18). The summed E-state index contributed by atoms with van der Waals surface area (Å²) in [7, 11) is 0. The van der Waals surface area contributed by atoms with Crippen LogP contribution < -0.4 is 5.32 Å². The molecule has 0 radical (unpaired) electrons. The normalized spacial score (nSPS) is 30.9. The Morgan fingerprint density at radius 2 is 2.10 bits per heavy atom. The van der Waals surface area contributed by atoms with Gasteiger partial charge in [-0.15, -0.1) is 0 Å². The Labute approximate surface area is 119 Å². The minimum Gasteiger partial charge on any atom is -0.480 e. The average molecular weight is 284 g/mol. The highest BCUT2D eigenvalue weighted by molar-refractivity contribution is 5.83. The molecule has 2 amide bonds. The van der Waals surface area contributed by atoms with Gasteiger partial charge in [-0.25, -0.2) is 9.59 Å². The largest absolute Gasteiger partial charge is 0.480 e. The number of rotatable bonds is 3. The summed E-state index contributed by atoms with van der Waals surface area (Å²) in [6.07, 6.45) is 4.94. The molecule has 0 spiro atoms. The van der Waals surface area contributed by atoms with E-state index in [1.807, 2.05) is 6.92 Å². The number of carbonyl (C=O) groups is 2. The van der Waals surface area contributed by atoms with Crippen molar-refractivity contribution in [2.45, 2.75) is 51.2 Å². The van der Waals surface area contributed by atoms with Crippen LogP contribution in [-0.2, 0) is 9.53 Å². The molecule has 3 unspecified atom stereocenters. The van der Waals surface area contributed by atoms with Gasteiger partial charge >= 0.3 is 12.0 Å². The quantitative estimate of drug-likeness (QED) is 0.822. The molecule has 20 heavy (non-hydrogen) atoms. The number of nitrogens with zero attached hydrogens (tertiary/aromatic N) is 1. The van der Waals surface area contributed by atoms with E-state index in [-0.39, 0.29) is 18.1 Å². The second kappa shape index (κ2) is 6.92. The van der Waals surface area contributed by atoms with E-state index in [0.29, 0.717) is 13.1 Å². The van der Waals surface area contributed by atoms with E-state index < -0.39 is 12.0 Å². The smallest absolute Gasteiger partial charge is 0.326 e. The van der Waals surface area contributed by atoms with Crippen LogP contribution in [0.4, 0.5) is 4.79 Å². The van der Waals surface area contributed by atoms with Crippen LogP contribution in [-0.4, -0.2) is 53.8 Å². The zero-order chi connectivity index (χ0) is 14.5. The second-order valence-corrected chi connectivity index (χ2v) is 5.77. The van der Waals surface area contributed by atoms with Crippen LogP contribution in [0.1, 0.15) is 39.0 Å². The molecular weight excluding hydrogens is 260 g/mol. The predicted molar refractivity (Wildman–Crippen MR) is 73.5 cm³/mol. The van der Waals surface area contributed by atoms with Gasteiger partial charge in [0.15, 0.2) is 0 Å². The third-order valence-corrected chi connectivity index (χ3v) is 4.20. The van der Waals surface area contributed by atoms with Crippen LogP contribution in [0, 0.1) is 5.92 Å². The first-order valence-corrected chi connectivity index (χ1v) is 7.48. The summed E-state index contributed by atoms with van der Waals surface area (Å²) in [5, 5.41) is 12.1. The number of urea groups is 1. The molecular formula is C14H24N2O4. The molecule has 0 saturated carbocycles. The average Bonchev–Trinajstić information content (AvgIpc) is 2.45. The molecule has 2 fully saturated rings. The van der Waals surface area contributed by atoms with Gasteiger partial charge in [0.1, 0.15) is 6.04 Å². The number of aliphatic carboxylic acids is 1. The zero-order valence-corrected chi connectivity index (χ0v) is 12.0. The van der Waals surface area contributed by atoms with E-state index in [2.05, 4.69) is 5.32 Å². The number of ether oxygens (including phenoxy) is 1. The Balaban J connectivity index is 1.87. The maximum atomic E-state index is 12.2. The van der Waals surface area contributed by atoms with E-state index in [9.17, 15) is 14.7 Å². The Morgan fingerprint density at radius 1 is 1.30 bits per heavy atom. The van der Waals surface area contributed by atoms with E-state index >= 15 is 0 Å². The Bertz CT molecular complexity index is 355. The minimum absolute atomic E-state index is 0.00192. The summed E-state index contributed by atoms with van der Waals surface area (Å²) in [6, 6.07) is -0.992. The van der Waals surface area contributed by atoms with Crippen LogP contribution >= 0.6 is 0 Å². The van der Waals surface area contributed by atoms with Crippen molar-refractivity contribution in [3.05, 3.63) is 0 Å². The molecule has 6 nitrogen and oxygen atoms in total. The van der Waals surface area contributed by atoms with Crippen molar-refractivity contribution in [1.82, 2.24) is 10.2 Å². The molecule has 6 heteroatoms. The van der Waals surface area contributed by atoms with Crippen molar-refractivity contribution < 1.29 is 19.4 Å². The third-order valence-electron chi connectivity index (χ3n) is 4.20. The molecule has 0 aromatic heterocycles. The minimum atomic E-state index is -0.915. The Morgan fingerprint density at radius 3 is 2.75 bits per heavy atom. The van der Waals surface area contributed by atoms with Gasteiger partial charge in [0.25, 0.3) is 0 Å². The third kappa shape index (κ3) is 3.62. The molecule has 0 aromatic rings. The van der Waals surface area contributed by atoms with Crippen molar-refractivity contribution in [1.29, 1.82) is 0 Å². The number of carbonyl (C=O) groups excluding carboxylic acids is 1. The molecule has 114 valence electrons. The maximum absolute atomic E-state index is 12.2. The number of hydrogen-bond acceptors (Lipinski definition) is 3.